The van der Waals surface area contributed by atoms with E-state index in [2.05, 4.69) is 32.8 Å². The molecular weight excluding hydrogens is 306 g/mol. The van der Waals surface area contributed by atoms with Crippen LogP contribution in [0.4, 0.5) is 0 Å². The standard InChI is InChI=1S/C23H39NO/c1-15(25)19-8-9-20-18-7-6-16-14-17(24(4)5)10-12-22(16,2)21(18)11-13-23(19,20)3/h16-21H,6-14H2,1-5H3/t16-,17-,18-,19+,20-,21-,22-,23+/m0/s1. The van der Waals surface area contributed by atoms with Crippen molar-refractivity contribution in [3.63, 3.8) is 0 Å². The fourth-order valence-corrected chi connectivity index (χ4v) is 8.37. The van der Waals surface area contributed by atoms with Gasteiger partial charge in [0.05, 0.1) is 0 Å². The molecule has 8 atom stereocenters. The van der Waals surface area contributed by atoms with Crippen molar-refractivity contribution < 1.29 is 4.79 Å². The number of hydrogen-bond acceptors (Lipinski definition) is 2. The fraction of sp³-hybridized carbons (Fsp3) is 0.957. The maximum atomic E-state index is 12.3. The van der Waals surface area contributed by atoms with Crippen molar-refractivity contribution in [1.82, 2.24) is 4.90 Å². The van der Waals surface area contributed by atoms with E-state index in [0.717, 1.165) is 29.7 Å². The molecular formula is C23H39NO. The molecule has 0 radical (unpaired) electrons. The van der Waals surface area contributed by atoms with Crippen molar-refractivity contribution >= 4 is 5.78 Å². The summed E-state index contributed by atoms with van der Waals surface area (Å²) < 4.78 is 0. The molecule has 142 valence electrons. The minimum atomic E-state index is 0.317. The van der Waals surface area contributed by atoms with Gasteiger partial charge >= 0.3 is 0 Å². The molecule has 0 aromatic rings. The van der Waals surface area contributed by atoms with Gasteiger partial charge in [0.25, 0.3) is 0 Å². The van der Waals surface area contributed by atoms with E-state index in [1.54, 1.807) is 0 Å². The second kappa shape index (κ2) is 6.08. The number of carbonyl (C=O) groups is 1. The van der Waals surface area contributed by atoms with E-state index >= 15 is 0 Å². The Bertz CT molecular complexity index is 542. The van der Waals surface area contributed by atoms with E-state index in [0.29, 0.717) is 22.5 Å². The number of carbonyl (C=O) groups excluding carboxylic acids is 1. The quantitative estimate of drug-likeness (QED) is 0.688. The monoisotopic (exact) mass is 345 g/mol. The molecule has 4 aliphatic carbocycles. The van der Waals surface area contributed by atoms with Crippen LogP contribution in [0.2, 0.25) is 0 Å². The van der Waals surface area contributed by atoms with Crippen LogP contribution >= 0.6 is 0 Å². The summed E-state index contributed by atoms with van der Waals surface area (Å²) in [6.45, 7) is 6.98. The maximum absolute atomic E-state index is 12.3. The highest BCUT2D eigenvalue weighted by Crippen LogP contribution is 2.67. The van der Waals surface area contributed by atoms with Crippen molar-refractivity contribution in [1.29, 1.82) is 0 Å². The lowest BCUT2D eigenvalue weighted by Crippen LogP contribution is -2.55. The van der Waals surface area contributed by atoms with Crippen LogP contribution in [0.3, 0.4) is 0 Å². The van der Waals surface area contributed by atoms with Gasteiger partial charge < -0.3 is 4.90 Å². The van der Waals surface area contributed by atoms with Crippen LogP contribution in [0.1, 0.15) is 78.6 Å². The zero-order valence-corrected chi connectivity index (χ0v) is 17.2. The van der Waals surface area contributed by atoms with Crippen LogP contribution in [0.5, 0.6) is 0 Å². The van der Waals surface area contributed by atoms with E-state index in [1.807, 2.05) is 6.92 Å². The minimum absolute atomic E-state index is 0.317. The smallest absolute Gasteiger partial charge is 0.133 e. The highest BCUT2D eigenvalue weighted by atomic mass is 16.1. The van der Waals surface area contributed by atoms with Gasteiger partial charge in [-0.15, -0.1) is 0 Å². The Morgan fingerprint density at radius 2 is 1.56 bits per heavy atom. The Kier molecular flexibility index (Phi) is 4.38. The molecule has 4 saturated carbocycles. The Morgan fingerprint density at radius 1 is 0.880 bits per heavy atom. The molecule has 4 fully saturated rings. The molecule has 25 heavy (non-hydrogen) atoms. The molecule has 2 heteroatoms. The van der Waals surface area contributed by atoms with Gasteiger partial charge in [0.1, 0.15) is 5.78 Å². The molecule has 4 aliphatic rings. The van der Waals surface area contributed by atoms with Crippen LogP contribution < -0.4 is 0 Å². The topological polar surface area (TPSA) is 20.3 Å². The average Bonchev–Trinajstić information content (AvgIpc) is 2.91. The van der Waals surface area contributed by atoms with Crippen LogP contribution in [-0.2, 0) is 4.79 Å². The van der Waals surface area contributed by atoms with Gasteiger partial charge in [0, 0.05) is 12.0 Å². The van der Waals surface area contributed by atoms with Crippen molar-refractivity contribution in [2.24, 2.45) is 40.4 Å². The molecule has 0 aromatic heterocycles. The summed E-state index contributed by atoms with van der Waals surface area (Å²) in [6.07, 6.45) is 12.3. The lowest BCUT2D eigenvalue weighted by Gasteiger charge is -2.61. The third-order valence-electron chi connectivity index (χ3n) is 9.86. The van der Waals surface area contributed by atoms with Crippen LogP contribution in [0, 0.1) is 40.4 Å². The predicted octanol–water partition coefficient (Wildman–Crippen LogP) is 5.16. The molecule has 0 N–H and O–H groups in total. The number of fused-ring (bicyclic) bond motifs is 5. The third kappa shape index (κ3) is 2.57. The Labute approximate surface area is 155 Å². The Balaban J connectivity index is 1.57. The summed E-state index contributed by atoms with van der Waals surface area (Å²) in [4.78, 5) is 14.7. The molecule has 0 bridgehead atoms. The van der Waals surface area contributed by atoms with Gasteiger partial charge in [-0.2, -0.15) is 0 Å². The summed E-state index contributed by atoms with van der Waals surface area (Å²) in [5.41, 5.74) is 0.891. The molecule has 0 amide bonds. The van der Waals surface area contributed by atoms with Gasteiger partial charge in [-0.1, -0.05) is 13.8 Å². The fourth-order valence-electron chi connectivity index (χ4n) is 8.37. The van der Waals surface area contributed by atoms with Crippen LogP contribution in [0.25, 0.3) is 0 Å². The first-order chi connectivity index (χ1) is 11.8. The molecule has 0 aliphatic heterocycles. The highest BCUT2D eigenvalue weighted by Gasteiger charge is 2.60. The molecule has 0 aromatic carbocycles. The van der Waals surface area contributed by atoms with Crippen molar-refractivity contribution in [3.05, 3.63) is 0 Å². The second-order valence-electron chi connectivity index (χ2n) is 10.8. The summed E-state index contributed by atoms with van der Waals surface area (Å²) in [6, 6.07) is 0.803. The SMILES string of the molecule is CC(=O)[C@H]1CC[C@H]2[C@@H]3CC[C@H]4C[C@@H](N(C)C)CC[C@]4(C)[C@H]3CC[C@]12C. The van der Waals surface area contributed by atoms with E-state index in [1.165, 1.54) is 57.8 Å². The first-order valence-corrected chi connectivity index (χ1v) is 10.9. The third-order valence-corrected chi connectivity index (χ3v) is 9.86. The number of rotatable bonds is 2. The first-order valence-electron chi connectivity index (χ1n) is 10.9. The van der Waals surface area contributed by atoms with Gasteiger partial charge in [0.2, 0.25) is 0 Å². The van der Waals surface area contributed by atoms with Crippen molar-refractivity contribution in [2.45, 2.75) is 84.6 Å². The molecule has 0 spiro atoms. The van der Waals surface area contributed by atoms with E-state index < -0.39 is 0 Å². The predicted molar refractivity (Wildman–Crippen MR) is 103 cm³/mol. The van der Waals surface area contributed by atoms with Gasteiger partial charge in [0.15, 0.2) is 0 Å². The lowest BCUT2D eigenvalue weighted by molar-refractivity contribution is -0.135. The molecule has 0 unspecified atom stereocenters. The normalized spacial score (nSPS) is 52.4. The molecule has 0 saturated heterocycles. The maximum Gasteiger partial charge on any atom is 0.133 e. The molecule has 0 heterocycles. The zero-order chi connectivity index (χ0) is 18.0. The minimum Gasteiger partial charge on any atom is -0.306 e. The van der Waals surface area contributed by atoms with Gasteiger partial charge in [-0.05, 0) is 113 Å². The number of nitrogens with zero attached hydrogens (tertiary/aromatic N) is 1. The van der Waals surface area contributed by atoms with E-state index in [4.69, 9.17) is 0 Å². The number of Topliss-reactive ketones (excluding diaryl/α,β-unsaturated/α-hetero) is 1. The van der Waals surface area contributed by atoms with Crippen molar-refractivity contribution in [2.75, 3.05) is 14.1 Å². The Morgan fingerprint density at radius 3 is 2.24 bits per heavy atom. The first kappa shape index (κ1) is 18.0. The summed E-state index contributed by atoms with van der Waals surface area (Å²) >= 11 is 0. The summed E-state index contributed by atoms with van der Waals surface area (Å²) in [7, 11) is 4.54. The average molecular weight is 346 g/mol. The second-order valence-corrected chi connectivity index (χ2v) is 10.8. The lowest BCUT2D eigenvalue weighted by atomic mass is 9.44. The Hall–Kier alpha value is -0.370. The van der Waals surface area contributed by atoms with Crippen LogP contribution in [0.15, 0.2) is 0 Å². The van der Waals surface area contributed by atoms with Crippen molar-refractivity contribution in [3.8, 4) is 0 Å². The van der Waals surface area contributed by atoms with Crippen LogP contribution in [-0.4, -0.2) is 30.8 Å². The highest BCUT2D eigenvalue weighted by molar-refractivity contribution is 5.79. The van der Waals surface area contributed by atoms with E-state index in [9.17, 15) is 4.79 Å². The molecule has 2 nitrogen and oxygen atoms in total. The number of hydrogen-bond donors (Lipinski definition) is 0. The van der Waals surface area contributed by atoms with Gasteiger partial charge in [-0.25, -0.2) is 0 Å². The van der Waals surface area contributed by atoms with E-state index in [-0.39, 0.29) is 0 Å². The zero-order valence-electron chi connectivity index (χ0n) is 17.2. The molecule has 4 rings (SSSR count). The number of ketones is 1. The largest absolute Gasteiger partial charge is 0.306 e. The summed E-state index contributed by atoms with van der Waals surface area (Å²) in [5, 5.41) is 0. The summed E-state index contributed by atoms with van der Waals surface area (Å²) in [5.74, 6) is 4.41. The van der Waals surface area contributed by atoms with Gasteiger partial charge in [-0.3, -0.25) is 4.79 Å².